The van der Waals surface area contributed by atoms with Gasteiger partial charge >= 0.3 is 0 Å². The van der Waals surface area contributed by atoms with Gasteiger partial charge in [0.05, 0.1) is 5.56 Å². The second kappa shape index (κ2) is 4.32. The van der Waals surface area contributed by atoms with Crippen LogP contribution in [0.1, 0.15) is 16.1 Å². The van der Waals surface area contributed by atoms with Gasteiger partial charge in [0.2, 0.25) is 0 Å². The van der Waals surface area contributed by atoms with Crippen LogP contribution in [-0.4, -0.2) is 10.9 Å². The van der Waals surface area contributed by atoms with E-state index in [4.69, 9.17) is 5.73 Å². The third-order valence-electron chi connectivity index (χ3n) is 2.06. The zero-order valence-electron chi connectivity index (χ0n) is 8.73. The van der Waals surface area contributed by atoms with E-state index in [2.05, 4.69) is 10.3 Å². The molecule has 4 nitrogen and oxygen atoms in total. The predicted octanol–water partition coefficient (Wildman–Crippen LogP) is 2.29. The Bertz CT molecular complexity index is 521. The average molecular weight is 233 g/mol. The summed E-state index contributed by atoms with van der Waals surface area (Å²) in [5.41, 5.74) is 6.66. The lowest BCUT2D eigenvalue weighted by Crippen LogP contribution is -2.11. The van der Waals surface area contributed by atoms with Gasteiger partial charge in [0.15, 0.2) is 0 Å². The van der Waals surface area contributed by atoms with E-state index in [0.29, 0.717) is 11.4 Å². The molecular weight excluding hydrogens is 222 g/mol. The van der Waals surface area contributed by atoms with Crippen LogP contribution in [0.15, 0.2) is 29.6 Å². The molecule has 0 saturated carbocycles. The molecule has 0 fully saturated rings. The second-order valence-corrected chi connectivity index (χ2v) is 4.23. The highest BCUT2D eigenvalue weighted by molar-refractivity contribution is 7.14. The maximum atomic E-state index is 11.1. The van der Waals surface area contributed by atoms with Gasteiger partial charge in [-0.1, -0.05) is 6.07 Å². The van der Waals surface area contributed by atoms with E-state index in [1.54, 1.807) is 6.07 Å². The fourth-order valence-corrected chi connectivity index (χ4v) is 2.13. The highest BCUT2D eigenvalue weighted by atomic mass is 32.1. The number of nitrogens with zero attached hydrogens (tertiary/aromatic N) is 1. The summed E-state index contributed by atoms with van der Waals surface area (Å²) in [5.74, 6) is 0.279. The molecule has 2 heterocycles. The van der Waals surface area contributed by atoms with Crippen molar-refractivity contribution in [3.05, 3.63) is 40.9 Å². The van der Waals surface area contributed by atoms with Crippen LogP contribution in [0, 0.1) is 6.92 Å². The SMILES string of the molecule is Cc1cccc(Nc2sccc2C(N)=O)n1. The highest BCUT2D eigenvalue weighted by Gasteiger charge is 2.09. The molecule has 0 bridgehead atoms. The Kier molecular flexibility index (Phi) is 2.87. The van der Waals surface area contributed by atoms with Crippen molar-refractivity contribution < 1.29 is 4.79 Å². The summed E-state index contributed by atoms with van der Waals surface area (Å²) in [6.45, 7) is 1.91. The first kappa shape index (κ1) is 10.6. The van der Waals surface area contributed by atoms with Crippen molar-refractivity contribution in [3.63, 3.8) is 0 Å². The van der Waals surface area contributed by atoms with E-state index in [0.717, 1.165) is 10.7 Å². The predicted molar refractivity (Wildman–Crippen MR) is 65.1 cm³/mol. The number of nitrogens with two attached hydrogens (primary N) is 1. The van der Waals surface area contributed by atoms with E-state index in [-0.39, 0.29) is 0 Å². The van der Waals surface area contributed by atoms with E-state index in [9.17, 15) is 4.79 Å². The molecule has 0 radical (unpaired) electrons. The van der Waals surface area contributed by atoms with Crippen molar-refractivity contribution in [2.45, 2.75) is 6.92 Å². The minimum atomic E-state index is -0.434. The Balaban J connectivity index is 2.27. The Morgan fingerprint density at radius 2 is 2.25 bits per heavy atom. The van der Waals surface area contributed by atoms with Gasteiger partial charge in [-0.15, -0.1) is 11.3 Å². The molecule has 0 aliphatic rings. The number of rotatable bonds is 3. The van der Waals surface area contributed by atoms with Gasteiger partial charge in [0.25, 0.3) is 5.91 Å². The van der Waals surface area contributed by atoms with Crippen LogP contribution in [0.4, 0.5) is 10.8 Å². The molecule has 0 spiro atoms. The Morgan fingerprint density at radius 3 is 2.94 bits per heavy atom. The van der Waals surface area contributed by atoms with Gasteiger partial charge in [-0.25, -0.2) is 4.98 Å². The van der Waals surface area contributed by atoms with Gasteiger partial charge in [0.1, 0.15) is 10.8 Å². The fraction of sp³-hybridized carbons (Fsp3) is 0.0909. The van der Waals surface area contributed by atoms with Gasteiger partial charge in [-0.3, -0.25) is 4.79 Å². The number of primary amides is 1. The molecule has 2 aromatic heterocycles. The average Bonchev–Trinajstić information content (AvgIpc) is 2.66. The number of amides is 1. The number of thiophene rings is 1. The summed E-state index contributed by atoms with van der Waals surface area (Å²) >= 11 is 1.43. The standard InChI is InChI=1S/C11H11N3OS/c1-7-3-2-4-9(13-7)14-11-8(10(12)15)5-6-16-11/h2-6H,1H3,(H2,12,15)(H,13,14). The van der Waals surface area contributed by atoms with E-state index in [1.807, 2.05) is 30.5 Å². The lowest BCUT2D eigenvalue weighted by molar-refractivity contribution is 0.100. The van der Waals surface area contributed by atoms with E-state index >= 15 is 0 Å². The smallest absolute Gasteiger partial charge is 0.251 e. The van der Waals surface area contributed by atoms with Gasteiger partial charge in [0, 0.05) is 5.69 Å². The van der Waals surface area contributed by atoms with Gasteiger partial charge < -0.3 is 11.1 Å². The summed E-state index contributed by atoms with van der Waals surface area (Å²) in [6, 6.07) is 7.36. The van der Waals surface area contributed by atoms with Crippen LogP contribution in [0.2, 0.25) is 0 Å². The van der Waals surface area contributed by atoms with Crippen LogP contribution in [0.25, 0.3) is 0 Å². The van der Waals surface area contributed by atoms with Crippen LogP contribution in [-0.2, 0) is 0 Å². The number of carbonyl (C=O) groups is 1. The maximum Gasteiger partial charge on any atom is 0.251 e. The quantitative estimate of drug-likeness (QED) is 0.854. The molecule has 2 rings (SSSR count). The van der Waals surface area contributed by atoms with Crippen molar-refractivity contribution in [3.8, 4) is 0 Å². The Labute approximate surface area is 97.1 Å². The van der Waals surface area contributed by atoms with Crippen LogP contribution < -0.4 is 11.1 Å². The largest absolute Gasteiger partial charge is 0.366 e. The number of carbonyl (C=O) groups excluding carboxylic acids is 1. The molecule has 0 saturated heterocycles. The number of hydrogen-bond donors (Lipinski definition) is 2. The molecular formula is C11H11N3OS. The van der Waals surface area contributed by atoms with Crippen LogP contribution in [0.5, 0.6) is 0 Å². The summed E-state index contributed by atoms with van der Waals surface area (Å²) < 4.78 is 0. The van der Waals surface area contributed by atoms with Crippen LogP contribution in [0.3, 0.4) is 0 Å². The third-order valence-corrected chi connectivity index (χ3v) is 2.89. The van der Waals surface area contributed by atoms with Gasteiger partial charge in [-0.2, -0.15) is 0 Å². The van der Waals surface area contributed by atoms with Crippen molar-refractivity contribution >= 4 is 28.1 Å². The number of hydrogen-bond acceptors (Lipinski definition) is 4. The van der Waals surface area contributed by atoms with Gasteiger partial charge in [-0.05, 0) is 30.5 Å². The summed E-state index contributed by atoms with van der Waals surface area (Å²) in [5, 5.41) is 5.63. The number of aryl methyl sites for hydroxylation is 1. The molecule has 3 N–H and O–H groups in total. The van der Waals surface area contributed by atoms with Crippen molar-refractivity contribution in [2.75, 3.05) is 5.32 Å². The lowest BCUT2D eigenvalue weighted by Gasteiger charge is -2.05. The van der Waals surface area contributed by atoms with Crippen molar-refractivity contribution in [1.82, 2.24) is 4.98 Å². The number of pyridine rings is 1. The molecule has 0 aromatic carbocycles. The summed E-state index contributed by atoms with van der Waals surface area (Å²) in [6.07, 6.45) is 0. The minimum Gasteiger partial charge on any atom is -0.366 e. The maximum absolute atomic E-state index is 11.1. The topological polar surface area (TPSA) is 68.0 Å². The molecule has 2 aromatic rings. The third kappa shape index (κ3) is 2.20. The Morgan fingerprint density at radius 1 is 1.44 bits per heavy atom. The first-order chi connectivity index (χ1) is 7.66. The fourth-order valence-electron chi connectivity index (χ4n) is 1.33. The molecule has 1 amide bonds. The number of aromatic nitrogens is 1. The monoisotopic (exact) mass is 233 g/mol. The van der Waals surface area contributed by atoms with Crippen LogP contribution >= 0.6 is 11.3 Å². The molecule has 5 heteroatoms. The lowest BCUT2D eigenvalue weighted by atomic mass is 10.3. The molecule has 0 atom stereocenters. The zero-order chi connectivity index (χ0) is 11.5. The van der Waals surface area contributed by atoms with E-state index < -0.39 is 5.91 Å². The number of nitrogens with one attached hydrogen (secondary N) is 1. The van der Waals surface area contributed by atoms with Crippen molar-refractivity contribution in [1.29, 1.82) is 0 Å². The molecule has 0 unspecified atom stereocenters. The zero-order valence-corrected chi connectivity index (χ0v) is 9.54. The Hall–Kier alpha value is -1.88. The second-order valence-electron chi connectivity index (χ2n) is 3.32. The number of anilines is 2. The summed E-state index contributed by atoms with van der Waals surface area (Å²) in [4.78, 5) is 15.4. The normalized spacial score (nSPS) is 10.1. The molecule has 0 aliphatic heterocycles. The summed E-state index contributed by atoms with van der Waals surface area (Å²) in [7, 11) is 0. The minimum absolute atomic E-state index is 0.434. The first-order valence-corrected chi connectivity index (χ1v) is 5.63. The molecule has 82 valence electrons. The first-order valence-electron chi connectivity index (χ1n) is 4.75. The highest BCUT2D eigenvalue weighted by Crippen LogP contribution is 2.25. The molecule has 16 heavy (non-hydrogen) atoms. The van der Waals surface area contributed by atoms with E-state index in [1.165, 1.54) is 11.3 Å². The van der Waals surface area contributed by atoms with Crippen molar-refractivity contribution in [2.24, 2.45) is 5.73 Å². The molecule has 0 aliphatic carbocycles.